The van der Waals surface area contributed by atoms with Gasteiger partial charge in [-0.3, -0.25) is 0 Å². The van der Waals surface area contributed by atoms with Crippen LogP contribution < -0.4 is 10.5 Å². The van der Waals surface area contributed by atoms with Gasteiger partial charge in [0.15, 0.2) is 5.75 Å². The van der Waals surface area contributed by atoms with Gasteiger partial charge in [-0.25, -0.2) is 0 Å². The summed E-state index contributed by atoms with van der Waals surface area (Å²) in [5.74, 6) is 1.42. The molecule has 2 rings (SSSR count). The van der Waals surface area contributed by atoms with Crippen molar-refractivity contribution in [2.45, 2.75) is 6.92 Å². The van der Waals surface area contributed by atoms with Gasteiger partial charge in [0.2, 0.25) is 0 Å². The summed E-state index contributed by atoms with van der Waals surface area (Å²) in [4.78, 5) is 0. The molecule has 0 saturated heterocycles. The smallest absolute Gasteiger partial charge is 0.150 e. The van der Waals surface area contributed by atoms with E-state index in [1.807, 2.05) is 43.3 Å². The monoisotopic (exact) mass is 355 g/mol. The van der Waals surface area contributed by atoms with Gasteiger partial charge in [0.1, 0.15) is 5.75 Å². The zero-order valence-corrected chi connectivity index (χ0v) is 12.4. The summed E-state index contributed by atoms with van der Waals surface area (Å²) in [5, 5.41) is 0. The molecular formula is C13H11Br2NO. The fourth-order valence-electron chi connectivity index (χ4n) is 1.41. The molecule has 0 aromatic heterocycles. The van der Waals surface area contributed by atoms with Crippen LogP contribution in [0.15, 0.2) is 45.3 Å². The van der Waals surface area contributed by atoms with E-state index in [1.165, 1.54) is 0 Å². The second-order valence-electron chi connectivity index (χ2n) is 3.72. The van der Waals surface area contributed by atoms with E-state index in [9.17, 15) is 0 Å². The van der Waals surface area contributed by atoms with Crippen molar-refractivity contribution in [1.29, 1.82) is 0 Å². The van der Waals surface area contributed by atoms with Gasteiger partial charge in [-0.15, -0.1) is 0 Å². The molecular weight excluding hydrogens is 346 g/mol. The molecule has 0 aliphatic carbocycles. The average Bonchev–Trinajstić information content (AvgIpc) is 2.27. The van der Waals surface area contributed by atoms with Gasteiger partial charge in [0, 0.05) is 4.47 Å². The van der Waals surface area contributed by atoms with Gasteiger partial charge >= 0.3 is 0 Å². The van der Waals surface area contributed by atoms with Crippen LogP contribution in [0.3, 0.4) is 0 Å². The second kappa shape index (κ2) is 5.10. The number of anilines is 1. The van der Waals surface area contributed by atoms with Gasteiger partial charge in [0.05, 0.1) is 10.2 Å². The summed E-state index contributed by atoms with van der Waals surface area (Å²) in [5.41, 5.74) is 7.61. The molecule has 0 heterocycles. The lowest BCUT2D eigenvalue weighted by atomic mass is 10.2. The molecule has 0 bridgehead atoms. The predicted octanol–water partition coefficient (Wildman–Crippen LogP) is 4.89. The lowest BCUT2D eigenvalue weighted by Gasteiger charge is -2.10. The third-order valence-corrected chi connectivity index (χ3v) is 3.40. The van der Waals surface area contributed by atoms with Crippen molar-refractivity contribution < 1.29 is 4.74 Å². The molecule has 2 aromatic rings. The number of nitrogen functional groups attached to an aromatic ring is 1. The van der Waals surface area contributed by atoms with Gasteiger partial charge in [-0.05, 0) is 58.7 Å². The van der Waals surface area contributed by atoms with Gasteiger partial charge in [0.25, 0.3) is 0 Å². The Morgan fingerprint density at radius 1 is 1.00 bits per heavy atom. The number of hydrogen-bond acceptors (Lipinski definition) is 2. The van der Waals surface area contributed by atoms with Crippen LogP contribution in [0, 0.1) is 6.92 Å². The molecule has 17 heavy (non-hydrogen) atoms. The van der Waals surface area contributed by atoms with Gasteiger partial charge in [-0.1, -0.05) is 22.0 Å². The highest BCUT2D eigenvalue weighted by Gasteiger charge is 2.06. The van der Waals surface area contributed by atoms with Crippen molar-refractivity contribution in [3.05, 3.63) is 50.9 Å². The Morgan fingerprint density at radius 2 is 1.76 bits per heavy atom. The van der Waals surface area contributed by atoms with E-state index < -0.39 is 0 Å². The summed E-state index contributed by atoms with van der Waals surface area (Å²) >= 11 is 6.85. The van der Waals surface area contributed by atoms with Crippen LogP contribution in [-0.4, -0.2) is 0 Å². The first kappa shape index (κ1) is 12.5. The minimum Gasteiger partial charge on any atom is -0.454 e. The molecule has 2 N–H and O–H groups in total. The maximum atomic E-state index is 5.87. The molecule has 0 fully saturated rings. The molecule has 0 radical (unpaired) electrons. The van der Waals surface area contributed by atoms with E-state index in [2.05, 4.69) is 31.9 Å². The van der Waals surface area contributed by atoms with Crippen molar-refractivity contribution in [2.24, 2.45) is 0 Å². The maximum Gasteiger partial charge on any atom is 0.150 e. The van der Waals surface area contributed by atoms with Crippen molar-refractivity contribution in [2.75, 3.05) is 5.73 Å². The summed E-state index contributed by atoms with van der Waals surface area (Å²) < 4.78 is 7.66. The second-order valence-corrected chi connectivity index (χ2v) is 5.49. The lowest BCUT2D eigenvalue weighted by molar-refractivity contribution is 0.481. The average molecular weight is 357 g/mol. The van der Waals surface area contributed by atoms with Crippen molar-refractivity contribution >= 4 is 37.5 Å². The molecule has 4 heteroatoms. The first-order valence-corrected chi connectivity index (χ1v) is 6.64. The Balaban J connectivity index is 2.34. The van der Waals surface area contributed by atoms with E-state index in [0.717, 1.165) is 20.3 Å². The highest BCUT2D eigenvalue weighted by atomic mass is 79.9. The molecule has 0 amide bonds. The van der Waals surface area contributed by atoms with E-state index >= 15 is 0 Å². The van der Waals surface area contributed by atoms with Crippen molar-refractivity contribution in [1.82, 2.24) is 0 Å². The van der Waals surface area contributed by atoms with Crippen LogP contribution in [0.5, 0.6) is 11.5 Å². The first-order valence-electron chi connectivity index (χ1n) is 5.05. The Morgan fingerprint density at radius 3 is 2.47 bits per heavy atom. The van der Waals surface area contributed by atoms with Crippen LogP contribution in [0.1, 0.15) is 5.56 Å². The SMILES string of the molecule is Cc1ccc(N)c(Oc2ccc(Br)cc2Br)c1. The molecule has 2 nitrogen and oxygen atoms in total. The minimum atomic E-state index is 0.630. The van der Waals surface area contributed by atoms with Crippen LogP contribution >= 0.6 is 31.9 Å². The fraction of sp³-hybridized carbons (Fsp3) is 0.0769. The third-order valence-electron chi connectivity index (χ3n) is 2.28. The fourth-order valence-corrected chi connectivity index (χ4v) is 2.53. The number of halogens is 2. The zero-order valence-electron chi connectivity index (χ0n) is 9.21. The van der Waals surface area contributed by atoms with Crippen LogP contribution in [0.25, 0.3) is 0 Å². The number of ether oxygens (including phenoxy) is 1. The number of rotatable bonds is 2. The standard InChI is InChI=1S/C13H11Br2NO/c1-8-2-4-11(16)13(6-8)17-12-5-3-9(14)7-10(12)15/h2-7H,16H2,1H3. The number of hydrogen-bond donors (Lipinski definition) is 1. The number of aryl methyl sites for hydroxylation is 1. The van der Waals surface area contributed by atoms with E-state index in [-0.39, 0.29) is 0 Å². The minimum absolute atomic E-state index is 0.630. The van der Waals surface area contributed by atoms with Crippen molar-refractivity contribution in [3.63, 3.8) is 0 Å². The highest BCUT2D eigenvalue weighted by Crippen LogP contribution is 2.34. The summed E-state index contributed by atoms with van der Waals surface area (Å²) in [6.45, 7) is 2.00. The molecule has 0 unspecified atom stereocenters. The Bertz CT molecular complexity index is 555. The topological polar surface area (TPSA) is 35.2 Å². The summed E-state index contributed by atoms with van der Waals surface area (Å²) in [6.07, 6.45) is 0. The Hall–Kier alpha value is -1.000. The lowest BCUT2D eigenvalue weighted by Crippen LogP contribution is -1.93. The van der Waals surface area contributed by atoms with Crippen LogP contribution in [0.2, 0.25) is 0 Å². The predicted molar refractivity (Wildman–Crippen MR) is 77.5 cm³/mol. The number of nitrogens with two attached hydrogens (primary N) is 1. The Kier molecular flexibility index (Phi) is 3.74. The largest absolute Gasteiger partial charge is 0.454 e. The third kappa shape index (κ3) is 3.01. The number of benzene rings is 2. The van der Waals surface area contributed by atoms with Gasteiger partial charge < -0.3 is 10.5 Å². The maximum absolute atomic E-state index is 5.87. The van der Waals surface area contributed by atoms with Crippen LogP contribution in [-0.2, 0) is 0 Å². The zero-order chi connectivity index (χ0) is 12.4. The normalized spacial score (nSPS) is 10.3. The van der Waals surface area contributed by atoms with E-state index in [0.29, 0.717) is 11.4 Å². The molecule has 0 aliphatic heterocycles. The molecule has 0 spiro atoms. The van der Waals surface area contributed by atoms with Crippen molar-refractivity contribution in [3.8, 4) is 11.5 Å². The summed E-state index contributed by atoms with van der Waals surface area (Å²) in [7, 11) is 0. The molecule has 0 atom stereocenters. The van der Waals surface area contributed by atoms with E-state index in [4.69, 9.17) is 10.5 Å². The Labute approximate surface area is 117 Å². The molecule has 0 saturated carbocycles. The quantitative estimate of drug-likeness (QED) is 0.777. The van der Waals surface area contributed by atoms with E-state index in [1.54, 1.807) is 0 Å². The summed E-state index contributed by atoms with van der Waals surface area (Å²) in [6, 6.07) is 11.5. The highest BCUT2D eigenvalue weighted by molar-refractivity contribution is 9.11. The first-order chi connectivity index (χ1) is 8.06. The van der Waals surface area contributed by atoms with Crippen LogP contribution in [0.4, 0.5) is 5.69 Å². The van der Waals surface area contributed by atoms with Gasteiger partial charge in [-0.2, -0.15) is 0 Å². The molecule has 2 aromatic carbocycles. The molecule has 88 valence electrons. The molecule has 0 aliphatic rings.